The number of aryl methyl sites for hydroxylation is 1. The Morgan fingerprint density at radius 1 is 1.43 bits per heavy atom. The maximum Gasteiger partial charge on any atom is 0.287 e. The SMILES string of the molecule is CNS(=O)(=O)c1ccc(C(=O)NCCCn2ccnc2)o1. The van der Waals surface area contributed by atoms with E-state index in [1.165, 1.54) is 19.2 Å². The zero-order valence-corrected chi connectivity index (χ0v) is 12.3. The van der Waals surface area contributed by atoms with Crippen LogP contribution < -0.4 is 10.0 Å². The van der Waals surface area contributed by atoms with Gasteiger partial charge in [0.05, 0.1) is 6.33 Å². The van der Waals surface area contributed by atoms with Gasteiger partial charge in [0, 0.05) is 25.5 Å². The van der Waals surface area contributed by atoms with Gasteiger partial charge in [-0.3, -0.25) is 4.79 Å². The third-order valence-electron chi connectivity index (χ3n) is 2.78. The second-order valence-electron chi connectivity index (χ2n) is 4.24. The highest BCUT2D eigenvalue weighted by Gasteiger charge is 2.19. The monoisotopic (exact) mass is 312 g/mol. The average molecular weight is 312 g/mol. The van der Waals surface area contributed by atoms with Gasteiger partial charge in [0.15, 0.2) is 5.76 Å². The molecule has 0 spiro atoms. The fourth-order valence-electron chi connectivity index (χ4n) is 1.66. The molecule has 114 valence electrons. The quantitative estimate of drug-likeness (QED) is 0.711. The Labute approximate surface area is 122 Å². The molecular weight excluding hydrogens is 296 g/mol. The molecule has 0 aliphatic rings. The van der Waals surface area contributed by atoms with Gasteiger partial charge < -0.3 is 14.3 Å². The Kier molecular flexibility index (Phi) is 4.76. The van der Waals surface area contributed by atoms with E-state index in [4.69, 9.17) is 4.42 Å². The number of hydrogen-bond acceptors (Lipinski definition) is 5. The van der Waals surface area contributed by atoms with E-state index in [1.807, 2.05) is 10.8 Å². The second-order valence-corrected chi connectivity index (χ2v) is 6.05. The Balaban J connectivity index is 1.83. The molecule has 2 N–H and O–H groups in total. The first kappa shape index (κ1) is 15.3. The van der Waals surface area contributed by atoms with E-state index in [1.54, 1.807) is 12.5 Å². The van der Waals surface area contributed by atoms with Crippen LogP contribution in [0.4, 0.5) is 0 Å². The van der Waals surface area contributed by atoms with Gasteiger partial charge >= 0.3 is 0 Å². The maximum absolute atomic E-state index is 11.8. The van der Waals surface area contributed by atoms with Crippen LogP contribution in [0.15, 0.2) is 40.4 Å². The van der Waals surface area contributed by atoms with Gasteiger partial charge in [0.2, 0.25) is 5.09 Å². The molecule has 0 fully saturated rings. The molecule has 2 rings (SSSR count). The highest BCUT2D eigenvalue weighted by molar-refractivity contribution is 7.89. The molecule has 0 saturated heterocycles. The Morgan fingerprint density at radius 3 is 2.90 bits per heavy atom. The lowest BCUT2D eigenvalue weighted by atomic mass is 10.4. The summed E-state index contributed by atoms with van der Waals surface area (Å²) >= 11 is 0. The summed E-state index contributed by atoms with van der Waals surface area (Å²) in [4.78, 5) is 15.7. The van der Waals surface area contributed by atoms with Gasteiger partial charge in [-0.25, -0.2) is 18.1 Å². The number of sulfonamides is 1. The van der Waals surface area contributed by atoms with Crippen molar-refractivity contribution >= 4 is 15.9 Å². The minimum Gasteiger partial charge on any atom is -0.438 e. The van der Waals surface area contributed by atoms with E-state index in [0.29, 0.717) is 6.54 Å². The molecule has 0 aliphatic heterocycles. The molecule has 0 aromatic carbocycles. The summed E-state index contributed by atoms with van der Waals surface area (Å²) < 4.78 is 32.0. The number of furan rings is 1. The number of carbonyl (C=O) groups is 1. The van der Waals surface area contributed by atoms with Crippen molar-refractivity contribution < 1.29 is 17.6 Å². The van der Waals surface area contributed by atoms with Crippen LogP contribution in [-0.4, -0.2) is 37.5 Å². The summed E-state index contributed by atoms with van der Waals surface area (Å²) in [5.74, 6) is -0.482. The Morgan fingerprint density at radius 2 is 2.24 bits per heavy atom. The van der Waals surface area contributed by atoms with E-state index >= 15 is 0 Å². The number of carbonyl (C=O) groups excluding carboxylic acids is 1. The lowest BCUT2D eigenvalue weighted by molar-refractivity contribution is 0.0919. The van der Waals surface area contributed by atoms with Crippen LogP contribution in [0.3, 0.4) is 0 Å². The third-order valence-corrected chi connectivity index (χ3v) is 4.06. The van der Waals surface area contributed by atoms with E-state index in [9.17, 15) is 13.2 Å². The highest BCUT2D eigenvalue weighted by atomic mass is 32.2. The summed E-state index contributed by atoms with van der Waals surface area (Å²) in [5, 5.41) is 2.38. The second kappa shape index (κ2) is 6.55. The Hall–Kier alpha value is -2.13. The number of nitrogens with zero attached hydrogens (tertiary/aromatic N) is 2. The molecule has 2 aromatic heterocycles. The molecule has 2 aromatic rings. The van der Waals surface area contributed by atoms with Crippen molar-refractivity contribution in [3.05, 3.63) is 36.6 Å². The average Bonchev–Trinajstić information content (AvgIpc) is 3.14. The van der Waals surface area contributed by atoms with Gasteiger partial charge in [-0.05, 0) is 25.6 Å². The van der Waals surface area contributed by atoms with Crippen LogP contribution in [0.2, 0.25) is 0 Å². The molecule has 21 heavy (non-hydrogen) atoms. The van der Waals surface area contributed by atoms with Crippen LogP contribution in [-0.2, 0) is 16.6 Å². The van der Waals surface area contributed by atoms with Crippen LogP contribution in [0.1, 0.15) is 17.0 Å². The molecule has 0 atom stereocenters. The van der Waals surface area contributed by atoms with Crippen molar-refractivity contribution in [3.8, 4) is 0 Å². The highest BCUT2D eigenvalue weighted by Crippen LogP contribution is 2.13. The first-order chi connectivity index (χ1) is 10.0. The minimum absolute atomic E-state index is 0.0357. The fourth-order valence-corrected chi connectivity index (χ4v) is 2.30. The van der Waals surface area contributed by atoms with Crippen molar-refractivity contribution in [2.24, 2.45) is 0 Å². The molecule has 0 radical (unpaired) electrons. The van der Waals surface area contributed by atoms with Crippen molar-refractivity contribution in [2.75, 3.05) is 13.6 Å². The number of aromatic nitrogens is 2. The first-order valence-corrected chi connectivity index (χ1v) is 7.78. The van der Waals surface area contributed by atoms with Crippen molar-refractivity contribution in [1.29, 1.82) is 0 Å². The lowest BCUT2D eigenvalue weighted by Gasteiger charge is -2.04. The number of nitrogens with one attached hydrogen (secondary N) is 2. The summed E-state index contributed by atoms with van der Waals surface area (Å²) in [7, 11) is -2.40. The van der Waals surface area contributed by atoms with E-state index in [0.717, 1.165) is 13.0 Å². The summed E-state index contributed by atoms with van der Waals surface area (Å²) in [6.45, 7) is 1.18. The van der Waals surface area contributed by atoms with Crippen LogP contribution in [0, 0.1) is 0 Å². The molecule has 0 unspecified atom stereocenters. The molecule has 2 heterocycles. The largest absolute Gasteiger partial charge is 0.438 e. The van der Waals surface area contributed by atoms with Gasteiger partial charge in [0.25, 0.3) is 15.9 Å². The summed E-state index contributed by atoms with van der Waals surface area (Å²) in [6.07, 6.45) is 5.95. The Bertz CT molecular complexity index is 691. The molecule has 8 nitrogen and oxygen atoms in total. The van der Waals surface area contributed by atoms with E-state index in [-0.39, 0.29) is 10.9 Å². The van der Waals surface area contributed by atoms with Gasteiger partial charge in [-0.15, -0.1) is 0 Å². The zero-order valence-electron chi connectivity index (χ0n) is 11.4. The lowest BCUT2D eigenvalue weighted by Crippen LogP contribution is -2.25. The first-order valence-electron chi connectivity index (χ1n) is 6.30. The normalized spacial score (nSPS) is 11.5. The standard InChI is InChI=1S/C12H16N4O4S/c1-13-21(18,19)11-4-3-10(20-11)12(17)15-5-2-7-16-8-6-14-9-16/h3-4,6,8-9,13H,2,5,7H2,1H3,(H,15,17). The van der Waals surface area contributed by atoms with Crippen LogP contribution in [0.25, 0.3) is 0 Å². The third kappa shape index (κ3) is 3.92. The maximum atomic E-state index is 11.8. The molecule has 0 bridgehead atoms. The number of rotatable bonds is 7. The number of hydrogen-bond donors (Lipinski definition) is 2. The van der Waals surface area contributed by atoms with E-state index in [2.05, 4.69) is 15.0 Å². The van der Waals surface area contributed by atoms with Crippen LogP contribution in [0.5, 0.6) is 0 Å². The smallest absolute Gasteiger partial charge is 0.287 e. The molecule has 9 heteroatoms. The molecule has 0 saturated carbocycles. The predicted octanol–water partition coefficient (Wildman–Crippen LogP) is 0.204. The number of amides is 1. The predicted molar refractivity (Wildman–Crippen MR) is 74.1 cm³/mol. The van der Waals surface area contributed by atoms with Gasteiger partial charge in [0.1, 0.15) is 0 Å². The molecule has 1 amide bonds. The van der Waals surface area contributed by atoms with Gasteiger partial charge in [-0.2, -0.15) is 0 Å². The van der Waals surface area contributed by atoms with Crippen molar-refractivity contribution in [1.82, 2.24) is 19.6 Å². The minimum atomic E-state index is -3.67. The van der Waals surface area contributed by atoms with Crippen molar-refractivity contribution in [2.45, 2.75) is 18.1 Å². The topological polar surface area (TPSA) is 106 Å². The van der Waals surface area contributed by atoms with Crippen LogP contribution >= 0.6 is 0 Å². The molecule has 0 aliphatic carbocycles. The number of imidazole rings is 1. The summed E-state index contributed by atoms with van der Waals surface area (Å²) in [5.41, 5.74) is 0. The van der Waals surface area contributed by atoms with Gasteiger partial charge in [-0.1, -0.05) is 0 Å². The van der Waals surface area contributed by atoms with E-state index < -0.39 is 15.9 Å². The molecular formula is C12H16N4O4S. The fraction of sp³-hybridized carbons (Fsp3) is 0.333. The summed E-state index contributed by atoms with van der Waals surface area (Å²) in [6, 6.07) is 2.57. The zero-order chi connectivity index (χ0) is 15.3. The van der Waals surface area contributed by atoms with Crippen molar-refractivity contribution in [3.63, 3.8) is 0 Å².